The first-order valence-corrected chi connectivity index (χ1v) is 4.03. The first-order chi connectivity index (χ1) is 5.92. The summed E-state index contributed by atoms with van der Waals surface area (Å²) in [6.45, 7) is 0. The van der Waals surface area contributed by atoms with Crippen molar-refractivity contribution in [3.05, 3.63) is 35.2 Å². The van der Waals surface area contributed by atoms with Crippen LogP contribution in [0.2, 0.25) is 0 Å². The SMILES string of the molecule is C#Cc1ccnc2c1C=CCC2. The van der Waals surface area contributed by atoms with Crippen LogP contribution in [0.25, 0.3) is 6.08 Å². The van der Waals surface area contributed by atoms with E-state index >= 15 is 0 Å². The van der Waals surface area contributed by atoms with Gasteiger partial charge in [-0.3, -0.25) is 4.98 Å². The van der Waals surface area contributed by atoms with Crippen LogP contribution in [0.4, 0.5) is 0 Å². The van der Waals surface area contributed by atoms with Crippen LogP contribution in [-0.2, 0) is 6.42 Å². The topological polar surface area (TPSA) is 12.9 Å². The molecule has 0 aliphatic heterocycles. The minimum Gasteiger partial charge on any atom is -0.261 e. The zero-order valence-electron chi connectivity index (χ0n) is 6.75. The highest BCUT2D eigenvalue weighted by Gasteiger charge is 2.07. The fourth-order valence-corrected chi connectivity index (χ4v) is 1.45. The third-order valence-electron chi connectivity index (χ3n) is 2.06. The lowest BCUT2D eigenvalue weighted by Crippen LogP contribution is -1.99. The highest BCUT2D eigenvalue weighted by molar-refractivity contribution is 5.62. The maximum atomic E-state index is 5.36. The number of fused-ring (bicyclic) bond motifs is 1. The fraction of sp³-hybridized carbons (Fsp3) is 0.182. The largest absolute Gasteiger partial charge is 0.261 e. The molecule has 1 aliphatic rings. The predicted octanol–water partition coefficient (Wildman–Crippen LogP) is 2.02. The molecule has 1 aromatic rings. The van der Waals surface area contributed by atoms with Gasteiger partial charge in [0.2, 0.25) is 0 Å². The minimum atomic E-state index is 0.955. The van der Waals surface area contributed by atoms with Crippen molar-refractivity contribution in [2.45, 2.75) is 12.8 Å². The van der Waals surface area contributed by atoms with Gasteiger partial charge in [0.1, 0.15) is 0 Å². The van der Waals surface area contributed by atoms with Gasteiger partial charge in [-0.15, -0.1) is 6.42 Å². The van der Waals surface area contributed by atoms with E-state index in [1.807, 2.05) is 6.07 Å². The maximum Gasteiger partial charge on any atom is 0.0491 e. The summed E-state index contributed by atoms with van der Waals surface area (Å²) in [5, 5.41) is 0. The Hall–Kier alpha value is -1.55. The van der Waals surface area contributed by atoms with Crippen LogP contribution in [0.1, 0.15) is 23.2 Å². The average Bonchev–Trinajstić information content (AvgIpc) is 2.17. The Balaban J connectivity index is 2.64. The molecule has 0 spiro atoms. The van der Waals surface area contributed by atoms with Crippen LogP contribution in [0.15, 0.2) is 18.3 Å². The monoisotopic (exact) mass is 155 g/mol. The molecule has 12 heavy (non-hydrogen) atoms. The van der Waals surface area contributed by atoms with Gasteiger partial charge < -0.3 is 0 Å². The molecule has 0 fully saturated rings. The standard InChI is InChI=1S/C11H9N/c1-2-9-7-8-12-11-6-4-3-5-10(9)11/h1,3,5,7-8H,4,6H2. The molecule has 1 heteroatoms. The van der Waals surface area contributed by atoms with Gasteiger partial charge in [0.15, 0.2) is 0 Å². The van der Waals surface area contributed by atoms with E-state index in [-0.39, 0.29) is 0 Å². The number of hydrogen-bond donors (Lipinski definition) is 0. The van der Waals surface area contributed by atoms with Gasteiger partial charge in [0.25, 0.3) is 0 Å². The Bertz CT molecular complexity index is 369. The van der Waals surface area contributed by atoms with Crippen molar-refractivity contribution in [2.24, 2.45) is 0 Å². The Kier molecular flexibility index (Phi) is 1.68. The smallest absolute Gasteiger partial charge is 0.0491 e. The third-order valence-corrected chi connectivity index (χ3v) is 2.06. The highest BCUT2D eigenvalue weighted by atomic mass is 14.7. The van der Waals surface area contributed by atoms with Crippen molar-refractivity contribution >= 4 is 6.08 Å². The van der Waals surface area contributed by atoms with Crippen LogP contribution in [0.5, 0.6) is 0 Å². The van der Waals surface area contributed by atoms with Gasteiger partial charge in [0.05, 0.1) is 0 Å². The van der Waals surface area contributed by atoms with Crippen molar-refractivity contribution < 1.29 is 0 Å². The van der Waals surface area contributed by atoms with Gasteiger partial charge in [-0.1, -0.05) is 18.1 Å². The molecule has 1 aromatic heterocycles. The van der Waals surface area contributed by atoms with E-state index in [1.54, 1.807) is 6.20 Å². The highest BCUT2D eigenvalue weighted by Crippen LogP contribution is 2.19. The molecule has 1 heterocycles. The summed E-state index contributed by atoms with van der Waals surface area (Å²) in [6, 6.07) is 1.88. The van der Waals surface area contributed by atoms with E-state index in [4.69, 9.17) is 6.42 Å². The first-order valence-electron chi connectivity index (χ1n) is 4.03. The molecule has 0 bridgehead atoms. The van der Waals surface area contributed by atoms with E-state index in [1.165, 1.54) is 0 Å². The number of terminal acetylenes is 1. The van der Waals surface area contributed by atoms with Crippen LogP contribution >= 0.6 is 0 Å². The second kappa shape index (κ2) is 2.83. The van der Waals surface area contributed by atoms with Crippen LogP contribution in [0.3, 0.4) is 0 Å². The Labute approximate surface area is 72.1 Å². The molecule has 1 nitrogen and oxygen atoms in total. The number of aromatic nitrogens is 1. The Morgan fingerprint density at radius 3 is 3.25 bits per heavy atom. The summed E-state index contributed by atoms with van der Waals surface area (Å²) in [4.78, 5) is 4.28. The first kappa shape index (κ1) is 7.12. The van der Waals surface area contributed by atoms with Crippen molar-refractivity contribution in [1.29, 1.82) is 0 Å². The van der Waals surface area contributed by atoms with Gasteiger partial charge in [0, 0.05) is 23.0 Å². The average molecular weight is 155 g/mol. The molecule has 0 N–H and O–H groups in total. The van der Waals surface area contributed by atoms with E-state index < -0.39 is 0 Å². The second-order valence-corrected chi connectivity index (χ2v) is 2.80. The van der Waals surface area contributed by atoms with Crippen molar-refractivity contribution in [3.63, 3.8) is 0 Å². The lowest BCUT2D eigenvalue weighted by atomic mass is 9.99. The number of pyridine rings is 1. The van der Waals surface area contributed by atoms with Gasteiger partial charge in [-0.05, 0) is 18.9 Å². The van der Waals surface area contributed by atoms with Gasteiger partial charge in [-0.2, -0.15) is 0 Å². The molecule has 2 rings (SSSR count). The molecule has 0 atom stereocenters. The van der Waals surface area contributed by atoms with E-state index in [0.29, 0.717) is 0 Å². The number of nitrogens with zero attached hydrogens (tertiary/aromatic N) is 1. The second-order valence-electron chi connectivity index (χ2n) is 2.80. The summed E-state index contributed by atoms with van der Waals surface area (Å²) in [6.07, 6.45) is 13.5. The summed E-state index contributed by atoms with van der Waals surface area (Å²) < 4.78 is 0. The molecule has 0 saturated heterocycles. The Morgan fingerprint density at radius 1 is 1.50 bits per heavy atom. The normalized spacial score (nSPS) is 13.6. The van der Waals surface area contributed by atoms with Crippen molar-refractivity contribution in [2.75, 3.05) is 0 Å². The minimum absolute atomic E-state index is 0.955. The van der Waals surface area contributed by atoms with Crippen molar-refractivity contribution in [3.8, 4) is 12.3 Å². The number of aryl methyl sites for hydroxylation is 1. The molecule has 0 saturated carbocycles. The number of rotatable bonds is 0. The van der Waals surface area contributed by atoms with E-state index in [0.717, 1.165) is 29.7 Å². The van der Waals surface area contributed by atoms with E-state index in [9.17, 15) is 0 Å². The fourth-order valence-electron chi connectivity index (χ4n) is 1.45. The van der Waals surface area contributed by atoms with Crippen LogP contribution < -0.4 is 0 Å². The maximum absolute atomic E-state index is 5.36. The molecular weight excluding hydrogens is 146 g/mol. The van der Waals surface area contributed by atoms with Gasteiger partial charge in [-0.25, -0.2) is 0 Å². The number of allylic oxidation sites excluding steroid dienone is 1. The molecule has 58 valence electrons. The summed E-state index contributed by atoms with van der Waals surface area (Å²) in [5.74, 6) is 2.66. The molecule has 1 aliphatic carbocycles. The zero-order valence-corrected chi connectivity index (χ0v) is 6.75. The predicted molar refractivity (Wildman–Crippen MR) is 49.5 cm³/mol. The molecular formula is C11H9N. The van der Waals surface area contributed by atoms with Gasteiger partial charge >= 0.3 is 0 Å². The summed E-state index contributed by atoms with van der Waals surface area (Å²) in [5.41, 5.74) is 3.22. The molecule has 0 radical (unpaired) electrons. The van der Waals surface area contributed by atoms with Crippen LogP contribution in [0, 0.1) is 12.3 Å². The molecule has 0 unspecified atom stereocenters. The number of hydrogen-bond acceptors (Lipinski definition) is 1. The lowest BCUT2D eigenvalue weighted by molar-refractivity contribution is 0.925. The Morgan fingerprint density at radius 2 is 2.42 bits per heavy atom. The van der Waals surface area contributed by atoms with Crippen molar-refractivity contribution in [1.82, 2.24) is 4.98 Å². The van der Waals surface area contributed by atoms with Crippen LogP contribution in [-0.4, -0.2) is 4.98 Å². The quantitative estimate of drug-likeness (QED) is 0.522. The van der Waals surface area contributed by atoms with E-state index in [2.05, 4.69) is 23.1 Å². The lowest BCUT2D eigenvalue weighted by Gasteiger charge is -2.09. The molecule has 0 aromatic carbocycles. The molecule has 0 amide bonds. The summed E-state index contributed by atoms with van der Waals surface area (Å²) in [7, 11) is 0. The summed E-state index contributed by atoms with van der Waals surface area (Å²) >= 11 is 0. The zero-order chi connectivity index (χ0) is 8.39. The third kappa shape index (κ3) is 1.02.